The van der Waals surface area contributed by atoms with Gasteiger partial charge in [-0.05, 0) is 124 Å². The van der Waals surface area contributed by atoms with E-state index in [0.29, 0.717) is 28.0 Å². The Morgan fingerprint density at radius 1 is 0.280 bits per heavy atom. The van der Waals surface area contributed by atoms with Gasteiger partial charge in [0.05, 0.1) is 17.9 Å². The average Bonchev–Trinajstić information content (AvgIpc) is 4.22. The molecular weight excluding hydrogens is 1010 g/mol. The SMILES string of the molecule is [C-]#[N+]c1cc2c3cc4ccc(N(c5ccccc5)c5cccc6c5oc5c(-c7ccccc7)cccc56)cc4cc3oc2c2oc3cc4cc(N(c5ccccc5)c5cccc6c5oc5c(-c7ccccc7)cccc56)ccc4cc3c12. The van der Waals surface area contributed by atoms with Crippen LogP contribution in [0.3, 0.4) is 0 Å². The summed E-state index contributed by atoms with van der Waals surface area (Å²) in [5.74, 6) is 0. The molecule has 4 heterocycles. The van der Waals surface area contributed by atoms with E-state index in [1.54, 1.807) is 0 Å². The lowest BCUT2D eigenvalue weighted by atomic mass is 10.0. The molecular formula is C75H43N3O4. The lowest BCUT2D eigenvalue weighted by molar-refractivity contribution is 0.634. The van der Waals surface area contributed by atoms with Crippen molar-refractivity contribution in [1.82, 2.24) is 0 Å². The molecule has 17 rings (SSSR count). The Hall–Kier alpha value is -11.3. The van der Waals surface area contributed by atoms with Crippen LogP contribution in [0.2, 0.25) is 0 Å². The van der Waals surface area contributed by atoms with Gasteiger partial charge in [0.15, 0.2) is 28.0 Å². The van der Waals surface area contributed by atoms with Crippen LogP contribution < -0.4 is 9.80 Å². The summed E-state index contributed by atoms with van der Waals surface area (Å²) in [6.45, 7) is 8.52. The summed E-state index contributed by atoms with van der Waals surface area (Å²) in [6.07, 6.45) is 0. The molecule has 0 N–H and O–H groups in total. The number of hydrogen-bond acceptors (Lipinski definition) is 6. The summed E-state index contributed by atoms with van der Waals surface area (Å²) in [5, 5.41) is 11.6. The maximum Gasteiger partial charge on any atom is 0.199 e. The number of hydrogen-bond donors (Lipinski definition) is 0. The molecule has 0 aliphatic rings. The summed E-state index contributed by atoms with van der Waals surface area (Å²) < 4.78 is 27.7. The molecule has 13 aromatic carbocycles. The summed E-state index contributed by atoms with van der Waals surface area (Å²) in [6, 6.07) is 90.7. The highest BCUT2D eigenvalue weighted by molar-refractivity contribution is 6.26. The molecule has 0 aliphatic heterocycles. The predicted octanol–water partition coefficient (Wildman–Crippen LogP) is 22.4. The van der Waals surface area contributed by atoms with E-state index in [4.69, 9.17) is 24.2 Å². The second-order valence-corrected chi connectivity index (χ2v) is 21.0. The van der Waals surface area contributed by atoms with Gasteiger partial charge >= 0.3 is 0 Å². The summed E-state index contributed by atoms with van der Waals surface area (Å²) in [4.78, 5) is 8.66. The summed E-state index contributed by atoms with van der Waals surface area (Å²) in [5.41, 5.74) is 16.4. The molecule has 0 bridgehead atoms. The van der Waals surface area contributed by atoms with Crippen LogP contribution in [0.4, 0.5) is 39.8 Å². The largest absolute Gasteiger partial charge is 0.453 e. The predicted molar refractivity (Wildman–Crippen MR) is 337 cm³/mol. The van der Waals surface area contributed by atoms with E-state index < -0.39 is 0 Å². The molecule has 0 saturated heterocycles. The van der Waals surface area contributed by atoms with Crippen molar-refractivity contribution in [2.75, 3.05) is 9.80 Å². The lowest BCUT2D eigenvalue weighted by Crippen LogP contribution is -2.10. The van der Waals surface area contributed by atoms with Crippen LogP contribution in [-0.2, 0) is 0 Å². The van der Waals surface area contributed by atoms with Gasteiger partial charge in [0, 0.05) is 77.0 Å². The fourth-order valence-electron chi connectivity index (χ4n) is 12.6. The zero-order valence-corrected chi connectivity index (χ0v) is 43.8. The number of para-hydroxylation sites is 6. The fourth-order valence-corrected chi connectivity index (χ4v) is 12.6. The van der Waals surface area contributed by atoms with Crippen molar-refractivity contribution in [2.24, 2.45) is 0 Å². The smallest absolute Gasteiger partial charge is 0.199 e. The number of fused-ring (bicyclic) bond motifs is 15. The first-order chi connectivity index (χ1) is 40.6. The summed E-state index contributed by atoms with van der Waals surface area (Å²) >= 11 is 0. The van der Waals surface area contributed by atoms with Gasteiger partial charge in [-0.1, -0.05) is 170 Å². The van der Waals surface area contributed by atoms with E-state index in [-0.39, 0.29) is 0 Å². The van der Waals surface area contributed by atoms with Crippen LogP contribution in [-0.4, -0.2) is 0 Å². The number of nitrogens with zero attached hydrogens (tertiary/aromatic N) is 3. The minimum Gasteiger partial charge on any atom is -0.453 e. The second kappa shape index (κ2) is 17.8. The topological polar surface area (TPSA) is 63.4 Å². The van der Waals surface area contributed by atoms with Gasteiger partial charge in [-0.3, -0.25) is 0 Å². The Balaban J connectivity index is 0.792. The molecule has 0 unspecified atom stereocenters. The van der Waals surface area contributed by atoms with Crippen LogP contribution >= 0.6 is 0 Å². The molecule has 7 nitrogen and oxygen atoms in total. The Bertz CT molecular complexity index is 5480. The van der Waals surface area contributed by atoms with E-state index >= 15 is 0 Å². The molecule has 0 fully saturated rings. The van der Waals surface area contributed by atoms with E-state index in [2.05, 4.69) is 245 Å². The highest BCUT2D eigenvalue weighted by Crippen LogP contribution is 2.50. The fraction of sp³-hybridized carbons (Fsp3) is 0. The van der Waals surface area contributed by atoms with Crippen LogP contribution in [0.15, 0.2) is 279 Å². The molecule has 0 radical (unpaired) electrons. The molecule has 7 heteroatoms. The molecule has 0 amide bonds. The lowest BCUT2D eigenvalue weighted by Gasteiger charge is -2.25. The normalized spacial score (nSPS) is 11.9. The van der Waals surface area contributed by atoms with E-state index in [0.717, 1.165) is 143 Å². The van der Waals surface area contributed by atoms with Crippen LogP contribution in [0.5, 0.6) is 0 Å². The molecule has 382 valence electrons. The van der Waals surface area contributed by atoms with E-state index in [9.17, 15) is 0 Å². The van der Waals surface area contributed by atoms with Gasteiger partial charge in [-0.2, -0.15) is 0 Å². The van der Waals surface area contributed by atoms with Crippen molar-refractivity contribution < 1.29 is 17.7 Å². The third-order valence-electron chi connectivity index (χ3n) is 16.4. The first-order valence-corrected chi connectivity index (χ1v) is 27.4. The van der Waals surface area contributed by atoms with Crippen molar-refractivity contribution in [1.29, 1.82) is 0 Å². The van der Waals surface area contributed by atoms with Gasteiger partial charge in [0.1, 0.15) is 22.3 Å². The van der Waals surface area contributed by atoms with Crippen molar-refractivity contribution in [3.63, 3.8) is 0 Å². The molecule has 82 heavy (non-hydrogen) atoms. The number of anilines is 6. The highest BCUT2D eigenvalue weighted by atomic mass is 16.4. The minimum absolute atomic E-state index is 0.508. The first-order valence-electron chi connectivity index (χ1n) is 27.4. The van der Waals surface area contributed by atoms with Crippen molar-refractivity contribution in [2.45, 2.75) is 0 Å². The molecule has 17 aromatic rings. The maximum absolute atomic E-state index is 8.52. The maximum atomic E-state index is 8.52. The number of rotatable bonds is 8. The molecule has 0 spiro atoms. The van der Waals surface area contributed by atoms with Crippen LogP contribution in [0.1, 0.15) is 0 Å². The van der Waals surface area contributed by atoms with Crippen LogP contribution in [0.25, 0.3) is 136 Å². The monoisotopic (exact) mass is 1050 g/mol. The quantitative estimate of drug-likeness (QED) is 0.141. The Morgan fingerprint density at radius 3 is 1.22 bits per heavy atom. The Labute approximate surface area is 468 Å². The van der Waals surface area contributed by atoms with Gasteiger partial charge in [0.2, 0.25) is 0 Å². The zero-order chi connectivity index (χ0) is 54.0. The van der Waals surface area contributed by atoms with E-state index in [1.807, 2.05) is 30.3 Å². The number of benzene rings is 13. The minimum atomic E-state index is 0.508. The average molecular weight is 1050 g/mol. The first kappa shape index (κ1) is 45.7. The standard InChI is InChI=1S/C75H43N3O4/c1-76-64-44-62-61-40-47-34-36-53(77(51-22-10-4-11-23-51)65-32-16-30-59-57-28-14-26-55(70(57)81-72(59)65)45-18-6-2-7-19-45)38-49(47)42-67(61)79-74(62)75-69(64)63-41-48-35-37-54(39-50(48)43-68(63)80-75)78(52-24-12-5-13-25-52)66-33-17-31-60-58-29-15-27-56(71(58)82-73(60)66)46-20-8-3-9-21-46/h2-44H. The molecule has 4 aromatic heterocycles. The van der Waals surface area contributed by atoms with Gasteiger partial charge in [0.25, 0.3) is 0 Å². The summed E-state index contributed by atoms with van der Waals surface area (Å²) in [7, 11) is 0. The highest BCUT2D eigenvalue weighted by Gasteiger charge is 2.25. The Morgan fingerprint density at radius 2 is 0.720 bits per heavy atom. The van der Waals surface area contributed by atoms with Gasteiger partial charge in [-0.25, -0.2) is 4.85 Å². The third kappa shape index (κ3) is 6.95. The molecule has 0 aliphatic carbocycles. The van der Waals surface area contributed by atoms with Crippen molar-refractivity contribution in [3.8, 4) is 22.3 Å². The second-order valence-electron chi connectivity index (χ2n) is 21.0. The Kier molecular flexibility index (Phi) is 9.94. The van der Waals surface area contributed by atoms with Gasteiger partial charge < -0.3 is 27.5 Å². The molecule has 0 atom stereocenters. The molecule has 0 saturated carbocycles. The van der Waals surface area contributed by atoms with Crippen LogP contribution in [0, 0.1) is 6.57 Å². The van der Waals surface area contributed by atoms with Crippen molar-refractivity contribution in [3.05, 3.63) is 272 Å². The third-order valence-corrected chi connectivity index (χ3v) is 16.4. The zero-order valence-electron chi connectivity index (χ0n) is 43.8. The van der Waals surface area contributed by atoms with Crippen molar-refractivity contribution >= 4 is 149 Å². The van der Waals surface area contributed by atoms with E-state index in [1.165, 1.54) is 0 Å². The van der Waals surface area contributed by atoms with Gasteiger partial charge in [-0.15, -0.1) is 0 Å². The number of furan rings is 4.